The van der Waals surface area contributed by atoms with Gasteiger partial charge in [0.1, 0.15) is 0 Å². The van der Waals surface area contributed by atoms with Gasteiger partial charge in [-0.25, -0.2) is 0 Å². The van der Waals surface area contributed by atoms with Gasteiger partial charge in [-0.05, 0) is 11.6 Å². The van der Waals surface area contributed by atoms with Gasteiger partial charge in [-0.3, -0.25) is 14.8 Å². The van der Waals surface area contributed by atoms with Crippen LogP contribution in [0.2, 0.25) is 0 Å². The van der Waals surface area contributed by atoms with Crippen LogP contribution in [-0.2, 0) is 11.2 Å². The molecule has 1 aromatic carbocycles. The number of rotatable bonds is 1. The predicted molar refractivity (Wildman–Crippen MR) is 53.5 cm³/mol. The molecule has 1 aromatic rings. The molecule has 2 rings (SSSR count). The monoisotopic (exact) mass is 228 g/mol. The minimum absolute atomic E-state index is 0. The zero-order chi connectivity index (χ0) is 10.1. The SMILES string of the molecule is Cl.O=C1Cc2ccccc2C(=O)N1NO. The molecule has 0 radical (unpaired) electrons. The molecular weight excluding hydrogens is 220 g/mol. The lowest BCUT2D eigenvalue weighted by Gasteiger charge is -2.24. The van der Waals surface area contributed by atoms with Gasteiger partial charge in [0.2, 0.25) is 5.91 Å². The highest BCUT2D eigenvalue weighted by atomic mass is 35.5. The number of imide groups is 1. The number of carbonyl (C=O) groups is 2. The average Bonchev–Trinajstić information content (AvgIpc) is 2.18. The third-order valence-corrected chi connectivity index (χ3v) is 2.14. The molecule has 0 saturated heterocycles. The number of nitrogens with zero attached hydrogens (tertiary/aromatic N) is 1. The second-order valence-corrected chi connectivity index (χ2v) is 2.97. The van der Waals surface area contributed by atoms with Gasteiger partial charge in [-0.1, -0.05) is 18.2 Å². The summed E-state index contributed by atoms with van der Waals surface area (Å²) in [4.78, 5) is 22.8. The van der Waals surface area contributed by atoms with E-state index in [-0.39, 0.29) is 18.8 Å². The Hall–Kier alpha value is -1.43. The summed E-state index contributed by atoms with van der Waals surface area (Å²) in [6.45, 7) is 0. The van der Waals surface area contributed by atoms with Crippen molar-refractivity contribution in [2.24, 2.45) is 0 Å². The number of fused-ring (bicyclic) bond motifs is 1. The minimum Gasteiger partial charge on any atom is -0.297 e. The Morgan fingerprint density at radius 2 is 1.93 bits per heavy atom. The van der Waals surface area contributed by atoms with Crippen molar-refractivity contribution in [3.8, 4) is 0 Å². The first-order chi connectivity index (χ1) is 6.74. The Labute approximate surface area is 92.0 Å². The van der Waals surface area contributed by atoms with Crippen molar-refractivity contribution < 1.29 is 14.8 Å². The molecule has 1 aliphatic heterocycles. The average molecular weight is 229 g/mol. The standard InChI is InChI=1S/C9H8N2O3.ClH/c12-8-5-6-3-1-2-4-7(6)9(13)11(8)10-14;/h1-4,10,14H,5H2;1H. The molecule has 1 aliphatic rings. The predicted octanol–water partition coefficient (Wildman–Crippen LogP) is 0.527. The second kappa shape index (κ2) is 4.39. The summed E-state index contributed by atoms with van der Waals surface area (Å²) in [6.07, 6.45) is 0.121. The maximum atomic E-state index is 11.5. The fourth-order valence-electron chi connectivity index (χ4n) is 1.46. The van der Waals surface area contributed by atoms with Gasteiger partial charge in [-0.2, -0.15) is 5.01 Å². The smallest absolute Gasteiger partial charge is 0.277 e. The largest absolute Gasteiger partial charge is 0.297 e. The molecule has 80 valence electrons. The number of halogens is 1. The maximum Gasteiger partial charge on any atom is 0.277 e. The summed E-state index contributed by atoms with van der Waals surface area (Å²) in [5, 5.41) is 9.19. The van der Waals surface area contributed by atoms with Crippen molar-refractivity contribution in [3.05, 3.63) is 35.4 Å². The summed E-state index contributed by atoms with van der Waals surface area (Å²) >= 11 is 0. The van der Waals surface area contributed by atoms with Crippen LogP contribution in [0.5, 0.6) is 0 Å². The highest BCUT2D eigenvalue weighted by Gasteiger charge is 2.30. The van der Waals surface area contributed by atoms with Gasteiger partial charge in [0.25, 0.3) is 5.91 Å². The van der Waals surface area contributed by atoms with E-state index in [2.05, 4.69) is 0 Å². The van der Waals surface area contributed by atoms with Gasteiger partial charge in [0.05, 0.1) is 6.42 Å². The van der Waals surface area contributed by atoms with Crippen LogP contribution in [0.25, 0.3) is 0 Å². The molecule has 1 heterocycles. The van der Waals surface area contributed by atoms with Crippen LogP contribution < -0.4 is 5.59 Å². The van der Waals surface area contributed by atoms with Crippen LogP contribution in [0.4, 0.5) is 0 Å². The van der Waals surface area contributed by atoms with E-state index >= 15 is 0 Å². The number of hydrazine groups is 1. The molecule has 5 nitrogen and oxygen atoms in total. The molecule has 0 saturated carbocycles. The van der Waals surface area contributed by atoms with E-state index in [0.29, 0.717) is 16.1 Å². The summed E-state index contributed by atoms with van der Waals surface area (Å²) < 4.78 is 0. The van der Waals surface area contributed by atoms with Crippen LogP contribution in [0.3, 0.4) is 0 Å². The minimum atomic E-state index is -0.528. The van der Waals surface area contributed by atoms with E-state index in [9.17, 15) is 9.59 Å². The van der Waals surface area contributed by atoms with E-state index < -0.39 is 11.8 Å². The fraction of sp³-hybridized carbons (Fsp3) is 0.111. The maximum absolute atomic E-state index is 11.5. The zero-order valence-electron chi connectivity index (χ0n) is 7.64. The summed E-state index contributed by atoms with van der Waals surface area (Å²) in [7, 11) is 0. The molecule has 6 heteroatoms. The summed E-state index contributed by atoms with van der Waals surface area (Å²) in [6, 6.07) is 6.82. The summed E-state index contributed by atoms with van der Waals surface area (Å²) in [5.41, 5.74) is 2.71. The van der Waals surface area contributed by atoms with Crippen molar-refractivity contribution in [1.82, 2.24) is 10.6 Å². The van der Waals surface area contributed by atoms with Crippen LogP contribution in [0.15, 0.2) is 24.3 Å². The zero-order valence-corrected chi connectivity index (χ0v) is 8.45. The Morgan fingerprint density at radius 1 is 1.27 bits per heavy atom. The summed E-state index contributed by atoms with van der Waals surface area (Å²) in [5.74, 6) is -0.990. The number of carbonyl (C=O) groups excluding carboxylic acids is 2. The van der Waals surface area contributed by atoms with Crippen molar-refractivity contribution in [3.63, 3.8) is 0 Å². The third-order valence-electron chi connectivity index (χ3n) is 2.14. The van der Waals surface area contributed by atoms with E-state index in [1.807, 2.05) is 0 Å². The Bertz CT molecular complexity index is 408. The molecule has 2 amide bonds. The fourth-order valence-corrected chi connectivity index (χ4v) is 1.46. The number of hydrogen-bond acceptors (Lipinski definition) is 4. The normalized spacial score (nSPS) is 14.6. The molecule has 0 aliphatic carbocycles. The lowest BCUT2D eigenvalue weighted by molar-refractivity contribution is -0.139. The van der Waals surface area contributed by atoms with Gasteiger partial charge in [0.15, 0.2) is 0 Å². The first kappa shape index (κ1) is 11.6. The molecule has 0 unspecified atom stereocenters. The van der Waals surface area contributed by atoms with Gasteiger partial charge in [-0.15, -0.1) is 18.0 Å². The molecule has 0 bridgehead atoms. The van der Waals surface area contributed by atoms with Gasteiger partial charge < -0.3 is 0 Å². The van der Waals surface area contributed by atoms with Crippen LogP contribution in [0, 0.1) is 0 Å². The van der Waals surface area contributed by atoms with Crippen LogP contribution >= 0.6 is 12.4 Å². The van der Waals surface area contributed by atoms with E-state index in [0.717, 1.165) is 0 Å². The van der Waals surface area contributed by atoms with Gasteiger partial charge >= 0.3 is 0 Å². The van der Waals surface area contributed by atoms with Crippen molar-refractivity contribution >= 4 is 24.2 Å². The highest BCUT2D eigenvalue weighted by molar-refractivity contribution is 6.09. The van der Waals surface area contributed by atoms with Crippen molar-refractivity contribution in [2.75, 3.05) is 0 Å². The topological polar surface area (TPSA) is 69.6 Å². The molecule has 0 atom stereocenters. The lowest BCUT2D eigenvalue weighted by atomic mass is 10.00. The molecular formula is C9H9ClN2O3. The Kier molecular flexibility index (Phi) is 3.41. The highest BCUT2D eigenvalue weighted by Crippen LogP contribution is 2.17. The van der Waals surface area contributed by atoms with Crippen LogP contribution in [0.1, 0.15) is 15.9 Å². The van der Waals surface area contributed by atoms with Crippen molar-refractivity contribution in [2.45, 2.75) is 6.42 Å². The molecule has 0 fully saturated rings. The first-order valence-electron chi connectivity index (χ1n) is 4.09. The van der Waals surface area contributed by atoms with E-state index in [1.165, 1.54) is 0 Å². The Morgan fingerprint density at radius 3 is 2.60 bits per heavy atom. The number of benzene rings is 1. The first-order valence-corrected chi connectivity index (χ1v) is 4.09. The molecule has 2 N–H and O–H groups in total. The van der Waals surface area contributed by atoms with Crippen LogP contribution in [-0.4, -0.2) is 22.0 Å². The lowest BCUT2D eigenvalue weighted by Crippen LogP contribution is -2.49. The molecule has 0 aromatic heterocycles. The number of amides is 2. The molecule has 0 spiro atoms. The third kappa shape index (κ3) is 1.85. The second-order valence-electron chi connectivity index (χ2n) is 2.97. The Balaban J connectivity index is 0.00000112. The quantitative estimate of drug-likeness (QED) is 0.543. The van der Waals surface area contributed by atoms with E-state index in [1.54, 1.807) is 29.9 Å². The number of nitrogens with one attached hydrogen (secondary N) is 1. The number of hydrogen-bond donors (Lipinski definition) is 2. The van der Waals surface area contributed by atoms with Crippen molar-refractivity contribution in [1.29, 1.82) is 0 Å². The van der Waals surface area contributed by atoms with Gasteiger partial charge in [0, 0.05) is 5.56 Å². The molecule has 15 heavy (non-hydrogen) atoms. The van der Waals surface area contributed by atoms with E-state index in [4.69, 9.17) is 5.21 Å².